The summed E-state index contributed by atoms with van der Waals surface area (Å²) in [5.41, 5.74) is 1.12. The van der Waals surface area contributed by atoms with E-state index in [-0.39, 0.29) is 52.1 Å². The first-order valence-corrected chi connectivity index (χ1v) is 13.1. The van der Waals surface area contributed by atoms with E-state index in [0.717, 1.165) is 24.3 Å². The molecule has 3 aromatic rings. The first-order valence-electron chi connectivity index (χ1n) is 13.1. The van der Waals surface area contributed by atoms with Crippen LogP contribution in [0.5, 0.6) is 46.0 Å². The van der Waals surface area contributed by atoms with Gasteiger partial charge in [-0.1, -0.05) is 27.7 Å². The highest BCUT2D eigenvalue weighted by Crippen LogP contribution is 2.36. The molecule has 0 atom stereocenters. The van der Waals surface area contributed by atoms with Crippen LogP contribution in [0.1, 0.15) is 78.2 Å². The number of benzene rings is 3. The van der Waals surface area contributed by atoms with Crippen molar-refractivity contribution in [1.29, 1.82) is 0 Å². The normalized spacial score (nSPS) is 10.5. The van der Waals surface area contributed by atoms with Crippen LogP contribution in [0.4, 0.5) is 0 Å². The van der Waals surface area contributed by atoms with E-state index in [1.54, 1.807) is 54.5 Å². The molecule has 0 aliphatic carbocycles. The van der Waals surface area contributed by atoms with E-state index >= 15 is 0 Å². The van der Waals surface area contributed by atoms with Crippen molar-refractivity contribution in [3.8, 4) is 46.0 Å². The summed E-state index contributed by atoms with van der Waals surface area (Å²) in [6.07, 6.45) is -0.296. The number of Topliss-reactive ketones (excluding diaryl/α,β-unsaturated/α-hetero) is 2. The summed E-state index contributed by atoms with van der Waals surface area (Å²) in [5.74, 6) is -5.02. The molecule has 0 amide bonds. The van der Waals surface area contributed by atoms with E-state index < -0.39 is 40.5 Å². The lowest BCUT2D eigenvalue weighted by Gasteiger charge is -2.09. The van der Waals surface area contributed by atoms with Crippen LogP contribution >= 0.6 is 0 Å². The number of carbonyl (C=O) groups is 3. The SMILES string of the molecule is CC(C)C(=O)c1cc(O)c(O)c(O)c1.CC(C)OC(=O)c1cc(O)c(O)c(O)c1.Cc1cc(C(=O)C(C)C)cc(O)c1O. The van der Waals surface area contributed by atoms with Crippen LogP contribution < -0.4 is 0 Å². The zero-order valence-corrected chi connectivity index (χ0v) is 24.9. The minimum absolute atomic E-state index is 0.0171. The molecule has 0 bridgehead atoms. The van der Waals surface area contributed by atoms with Crippen molar-refractivity contribution in [2.45, 2.75) is 54.6 Å². The molecular weight excluding hydrogens is 564 g/mol. The van der Waals surface area contributed by atoms with Crippen LogP contribution in [0, 0.1) is 18.8 Å². The second-order valence-electron chi connectivity index (χ2n) is 10.4. The summed E-state index contributed by atoms with van der Waals surface area (Å²) in [4.78, 5) is 34.4. The maximum absolute atomic E-state index is 11.6. The maximum Gasteiger partial charge on any atom is 0.338 e. The summed E-state index contributed by atoms with van der Waals surface area (Å²) in [6.45, 7) is 12.0. The third-order valence-electron chi connectivity index (χ3n) is 5.62. The molecule has 3 rings (SSSR count). The van der Waals surface area contributed by atoms with Gasteiger partial charge in [0.1, 0.15) is 0 Å². The minimum Gasteiger partial charge on any atom is -0.504 e. The number of ketones is 2. The predicted molar refractivity (Wildman–Crippen MR) is 156 cm³/mol. The molecule has 0 radical (unpaired) electrons. The monoisotopic (exact) mass is 602 g/mol. The molecule has 3 aromatic carbocycles. The topological polar surface area (TPSA) is 222 Å². The van der Waals surface area contributed by atoms with Gasteiger partial charge in [-0.15, -0.1) is 0 Å². The zero-order valence-electron chi connectivity index (χ0n) is 24.9. The first kappa shape index (κ1) is 35.9. The number of ether oxygens (including phenoxy) is 1. The molecule has 0 fully saturated rings. The van der Waals surface area contributed by atoms with Crippen molar-refractivity contribution in [2.75, 3.05) is 0 Å². The Balaban J connectivity index is 0.000000323. The third kappa shape index (κ3) is 10.0. The van der Waals surface area contributed by atoms with Crippen molar-refractivity contribution in [1.82, 2.24) is 0 Å². The highest BCUT2D eigenvalue weighted by atomic mass is 16.5. The lowest BCUT2D eigenvalue weighted by atomic mass is 9.99. The summed E-state index contributed by atoms with van der Waals surface area (Å²) < 4.78 is 4.84. The molecule has 0 unspecified atom stereocenters. The molecule has 0 aliphatic rings. The lowest BCUT2D eigenvalue weighted by Crippen LogP contribution is -2.11. The Hall–Kier alpha value is -5.13. The summed E-state index contributed by atoms with van der Waals surface area (Å²) in [6, 6.07) is 7.20. The van der Waals surface area contributed by atoms with Gasteiger partial charge in [-0.2, -0.15) is 0 Å². The molecule has 12 heteroatoms. The average molecular weight is 603 g/mol. The summed E-state index contributed by atoms with van der Waals surface area (Å²) in [7, 11) is 0. The van der Waals surface area contributed by atoms with Crippen LogP contribution in [0.3, 0.4) is 0 Å². The van der Waals surface area contributed by atoms with Crippen molar-refractivity contribution < 1.29 is 60.0 Å². The van der Waals surface area contributed by atoms with Gasteiger partial charge in [0.05, 0.1) is 11.7 Å². The van der Waals surface area contributed by atoms with Crippen LogP contribution in [0.2, 0.25) is 0 Å². The Bertz CT molecular complexity index is 1330. The number of aryl methyl sites for hydroxylation is 1. The van der Waals surface area contributed by atoms with E-state index in [4.69, 9.17) is 35.4 Å². The van der Waals surface area contributed by atoms with Gasteiger partial charge in [0.15, 0.2) is 57.6 Å². The Morgan fingerprint density at radius 2 is 0.814 bits per heavy atom. The fourth-order valence-electron chi connectivity index (χ4n) is 3.32. The molecule has 43 heavy (non-hydrogen) atoms. The first-order chi connectivity index (χ1) is 19.8. The Kier molecular flexibility index (Phi) is 12.7. The van der Waals surface area contributed by atoms with Gasteiger partial charge in [0.2, 0.25) is 0 Å². The standard InChI is InChI=1S/C11H14O3.C10H12O5.C10H12O4/c1-6(2)10(13)8-4-7(3)11(14)9(12)5-8;1-5(2)15-10(14)6-3-7(11)9(13)8(12)4-6;1-5(2)9(13)6-3-7(11)10(14)8(12)4-6/h4-6,12,14H,1-3H3;3-5,11-13H,1-2H3;3-5,11-12,14H,1-2H3. The third-order valence-corrected chi connectivity index (χ3v) is 5.62. The number of carbonyl (C=O) groups excluding carboxylic acids is 3. The van der Waals surface area contributed by atoms with Crippen LogP contribution in [-0.2, 0) is 4.74 Å². The van der Waals surface area contributed by atoms with Gasteiger partial charge in [0.25, 0.3) is 0 Å². The Morgan fingerprint density at radius 3 is 1.12 bits per heavy atom. The number of phenolic OH excluding ortho intramolecular Hbond substituents is 8. The maximum atomic E-state index is 11.6. The molecule has 0 saturated heterocycles. The van der Waals surface area contributed by atoms with E-state index in [1.165, 1.54) is 6.07 Å². The van der Waals surface area contributed by atoms with Gasteiger partial charge in [0, 0.05) is 23.0 Å². The molecule has 234 valence electrons. The number of rotatable bonds is 6. The fraction of sp³-hybridized carbons (Fsp3) is 0.323. The molecule has 0 heterocycles. The number of hydrogen-bond acceptors (Lipinski definition) is 12. The van der Waals surface area contributed by atoms with Crippen molar-refractivity contribution >= 4 is 17.5 Å². The second kappa shape index (κ2) is 15.2. The number of esters is 1. The molecule has 0 aromatic heterocycles. The lowest BCUT2D eigenvalue weighted by molar-refractivity contribution is 0.0376. The minimum atomic E-state index is -0.671. The zero-order chi connectivity index (χ0) is 33.3. The quantitative estimate of drug-likeness (QED) is 0.103. The molecule has 8 N–H and O–H groups in total. The largest absolute Gasteiger partial charge is 0.504 e. The van der Waals surface area contributed by atoms with Crippen LogP contribution in [-0.4, -0.2) is 64.5 Å². The second-order valence-corrected chi connectivity index (χ2v) is 10.4. The molecule has 0 aliphatic heterocycles. The fourth-order valence-corrected chi connectivity index (χ4v) is 3.32. The highest BCUT2D eigenvalue weighted by molar-refractivity contribution is 5.99. The van der Waals surface area contributed by atoms with Crippen molar-refractivity contribution in [2.24, 2.45) is 11.8 Å². The van der Waals surface area contributed by atoms with Gasteiger partial charge >= 0.3 is 5.97 Å². The van der Waals surface area contributed by atoms with Crippen LogP contribution in [0.15, 0.2) is 36.4 Å². The van der Waals surface area contributed by atoms with Crippen molar-refractivity contribution in [3.05, 3.63) is 58.7 Å². The van der Waals surface area contributed by atoms with Gasteiger partial charge in [-0.25, -0.2) is 4.79 Å². The van der Waals surface area contributed by atoms with Gasteiger partial charge in [-0.05, 0) is 62.7 Å². The van der Waals surface area contributed by atoms with Gasteiger partial charge < -0.3 is 45.6 Å². The van der Waals surface area contributed by atoms with E-state index in [9.17, 15) is 24.6 Å². The highest BCUT2D eigenvalue weighted by Gasteiger charge is 2.17. The van der Waals surface area contributed by atoms with Crippen LogP contribution in [0.25, 0.3) is 0 Å². The molecular formula is C31H38O12. The van der Waals surface area contributed by atoms with E-state index in [1.807, 2.05) is 0 Å². The molecule has 0 spiro atoms. The predicted octanol–water partition coefficient (Wildman–Crippen LogP) is 5.26. The molecule has 0 saturated carbocycles. The number of aromatic hydroxyl groups is 8. The van der Waals surface area contributed by atoms with E-state index in [2.05, 4.69) is 0 Å². The Labute approximate surface area is 248 Å². The molecule has 12 nitrogen and oxygen atoms in total. The van der Waals surface area contributed by atoms with Crippen molar-refractivity contribution in [3.63, 3.8) is 0 Å². The summed E-state index contributed by atoms with van der Waals surface area (Å²) in [5, 5.41) is 73.3. The average Bonchev–Trinajstić information content (AvgIpc) is 2.91. The summed E-state index contributed by atoms with van der Waals surface area (Å²) >= 11 is 0. The number of hydrogen-bond donors (Lipinski definition) is 8. The Morgan fingerprint density at radius 1 is 0.512 bits per heavy atom. The van der Waals surface area contributed by atoms with E-state index in [0.29, 0.717) is 11.1 Å². The number of phenols is 8. The van der Waals surface area contributed by atoms with Gasteiger partial charge in [-0.3, -0.25) is 9.59 Å². The smallest absolute Gasteiger partial charge is 0.338 e.